The molecule has 37 heavy (non-hydrogen) atoms. The summed E-state index contributed by atoms with van der Waals surface area (Å²) in [6, 6.07) is 5.43. The van der Waals surface area contributed by atoms with E-state index >= 15 is 0 Å². The number of amidine groups is 1. The van der Waals surface area contributed by atoms with E-state index in [1.54, 1.807) is 57.1 Å². The highest BCUT2D eigenvalue weighted by Gasteiger charge is 2.18. The van der Waals surface area contributed by atoms with Gasteiger partial charge < -0.3 is 25.4 Å². The van der Waals surface area contributed by atoms with E-state index < -0.39 is 0 Å². The molecule has 1 amide bonds. The van der Waals surface area contributed by atoms with Gasteiger partial charge in [-0.15, -0.1) is 11.8 Å². The molecule has 0 aliphatic carbocycles. The summed E-state index contributed by atoms with van der Waals surface area (Å²) < 4.78 is 10.6. The normalized spacial score (nSPS) is 11.5. The number of unbranched alkanes of at least 4 members (excludes halogenated alkanes) is 2. The van der Waals surface area contributed by atoms with Gasteiger partial charge in [0.1, 0.15) is 18.0 Å². The van der Waals surface area contributed by atoms with Gasteiger partial charge in [-0.05, 0) is 41.7 Å². The van der Waals surface area contributed by atoms with Gasteiger partial charge in [0.25, 0.3) is 0 Å². The quantitative estimate of drug-likeness (QED) is 0.0973. The van der Waals surface area contributed by atoms with Gasteiger partial charge in [-0.3, -0.25) is 10.2 Å². The zero-order valence-corrected chi connectivity index (χ0v) is 24.6. The van der Waals surface area contributed by atoms with Gasteiger partial charge in [0.15, 0.2) is 11.5 Å². The van der Waals surface area contributed by atoms with Crippen LogP contribution in [0.2, 0.25) is 0 Å². The van der Waals surface area contributed by atoms with Crippen LogP contribution in [0.5, 0.6) is 11.5 Å². The average molecular weight is 535 g/mol. The van der Waals surface area contributed by atoms with E-state index in [1.807, 2.05) is 19.9 Å². The predicted octanol–water partition coefficient (Wildman–Crippen LogP) is 4.80. The molecular formula is C27H46N6O3S. The Morgan fingerprint density at radius 2 is 1.92 bits per heavy atom. The number of nitrogens with two attached hydrogens (primary N) is 1. The number of amides is 1. The second kappa shape index (κ2) is 20.0. The molecule has 0 aliphatic rings. The molecule has 0 radical (unpaired) electrons. The first-order chi connectivity index (χ1) is 17.8. The third-order valence-electron chi connectivity index (χ3n) is 5.26. The molecule has 0 fully saturated rings. The number of thioether (sulfide) groups is 1. The zero-order valence-electron chi connectivity index (χ0n) is 23.8. The SMILES string of the molecule is CC.CCCC/C=C(/CCN(C)C(=O)/C=C(\NC)N(/N=C/N)C(=N)Cc1ccc(OC)c(OC)c1)SC. The Kier molecular flexibility index (Phi) is 18.3. The van der Waals surface area contributed by atoms with Crippen molar-refractivity contribution >= 4 is 29.8 Å². The number of nitrogens with zero attached hydrogens (tertiary/aromatic N) is 3. The van der Waals surface area contributed by atoms with E-state index in [4.69, 9.17) is 20.6 Å². The molecule has 0 saturated carbocycles. The molecule has 0 bridgehead atoms. The lowest BCUT2D eigenvalue weighted by Crippen LogP contribution is -2.35. The van der Waals surface area contributed by atoms with Crippen LogP contribution < -0.4 is 20.5 Å². The molecule has 0 spiro atoms. The van der Waals surface area contributed by atoms with Crippen LogP contribution >= 0.6 is 11.8 Å². The number of hydrogen-bond donors (Lipinski definition) is 3. The van der Waals surface area contributed by atoms with E-state index in [0.717, 1.165) is 31.2 Å². The van der Waals surface area contributed by atoms with Gasteiger partial charge in [-0.25, -0.2) is 5.01 Å². The van der Waals surface area contributed by atoms with Crippen LogP contribution in [0.15, 0.2) is 46.2 Å². The van der Waals surface area contributed by atoms with Gasteiger partial charge in [0.2, 0.25) is 5.91 Å². The molecule has 1 aromatic rings. The van der Waals surface area contributed by atoms with Crippen LogP contribution in [0.4, 0.5) is 0 Å². The van der Waals surface area contributed by atoms with E-state index in [2.05, 4.69) is 29.7 Å². The second-order valence-electron chi connectivity index (χ2n) is 7.70. The number of benzene rings is 1. The molecule has 0 saturated heterocycles. The van der Waals surface area contributed by atoms with Crippen molar-refractivity contribution in [3.63, 3.8) is 0 Å². The molecule has 10 heteroatoms. The largest absolute Gasteiger partial charge is 0.493 e. The number of allylic oxidation sites excluding steroid dienone is 1. The minimum atomic E-state index is -0.195. The number of rotatable bonds is 15. The van der Waals surface area contributed by atoms with Gasteiger partial charge in [-0.2, -0.15) is 5.10 Å². The van der Waals surface area contributed by atoms with Gasteiger partial charge >= 0.3 is 0 Å². The number of hydrazone groups is 1. The van der Waals surface area contributed by atoms with Crippen LogP contribution in [0.3, 0.4) is 0 Å². The Morgan fingerprint density at radius 3 is 2.46 bits per heavy atom. The van der Waals surface area contributed by atoms with Crippen molar-refractivity contribution in [1.82, 2.24) is 15.2 Å². The fourth-order valence-corrected chi connectivity index (χ4v) is 3.79. The Hall–Kier alpha value is -3.14. The molecule has 0 atom stereocenters. The van der Waals surface area contributed by atoms with E-state index in [1.165, 1.54) is 22.4 Å². The Labute approximate surface area is 227 Å². The summed E-state index contributed by atoms with van der Waals surface area (Å²) in [7, 11) is 6.57. The van der Waals surface area contributed by atoms with Crippen molar-refractivity contribution in [2.45, 2.75) is 52.9 Å². The lowest BCUT2D eigenvalue weighted by atomic mass is 10.1. The van der Waals surface area contributed by atoms with Crippen LogP contribution in [0, 0.1) is 5.41 Å². The number of carbonyl (C=O) groups is 1. The molecule has 1 rings (SSSR count). The van der Waals surface area contributed by atoms with Crippen molar-refractivity contribution in [2.24, 2.45) is 10.8 Å². The van der Waals surface area contributed by atoms with Crippen molar-refractivity contribution in [3.8, 4) is 11.5 Å². The molecule has 0 unspecified atom stereocenters. The number of likely N-dealkylation sites (N-methyl/N-ethyl adjacent to an activating group) is 1. The van der Waals surface area contributed by atoms with Gasteiger partial charge in [0.05, 0.1) is 14.2 Å². The summed E-state index contributed by atoms with van der Waals surface area (Å²) in [6.07, 6.45) is 11.3. The number of nitrogens with one attached hydrogen (secondary N) is 2. The first-order valence-corrected chi connectivity index (χ1v) is 13.8. The van der Waals surface area contributed by atoms with Crippen LogP contribution in [-0.4, -0.2) is 69.1 Å². The molecule has 4 N–H and O–H groups in total. The van der Waals surface area contributed by atoms with Crippen molar-refractivity contribution in [3.05, 3.63) is 46.6 Å². The third-order valence-corrected chi connectivity index (χ3v) is 6.16. The van der Waals surface area contributed by atoms with E-state index in [9.17, 15) is 4.79 Å². The Morgan fingerprint density at radius 1 is 1.24 bits per heavy atom. The molecule has 0 aromatic heterocycles. The number of hydrogen-bond acceptors (Lipinski definition) is 7. The summed E-state index contributed by atoms with van der Waals surface area (Å²) in [5.41, 5.74) is 6.37. The minimum Gasteiger partial charge on any atom is -0.493 e. The molecule has 0 aliphatic heterocycles. The Balaban J connectivity index is 0.00000631. The lowest BCUT2D eigenvalue weighted by Gasteiger charge is -2.23. The molecule has 208 valence electrons. The number of ether oxygens (including phenoxy) is 2. The standard InChI is InChI=1S/C25H40N6O3S.C2H6/c1-7-8-9-10-20(35-6)13-14-30(3)25(32)17-24(28-2)31(29-18-26)23(27)16-19-11-12-21(33-4)22(15-19)34-5;1-2/h10-12,15,17-18,27-28H,7-9,13-14,16H2,1-6H3,(H2,26,29);1-2H3/b20-10-,24-17+,27-23?;. The average Bonchev–Trinajstić information content (AvgIpc) is 2.92. The Bertz CT molecular complexity index is 917. The van der Waals surface area contributed by atoms with Crippen molar-refractivity contribution < 1.29 is 14.3 Å². The highest BCUT2D eigenvalue weighted by molar-refractivity contribution is 8.02. The number of methoxy groups -OCH3 is 2. The zero-order chi connectivity index (χ0) is 28.2. The third kappa shape index (κ3) is 12.1. The maximum Gasteiger partial charge on any atom is 0.250 e. The first-order valence-electron chi connectivity index (χ1n) is 12.5. The monoisotopic (exact) mass is 534 g/mol. The van der Waals surface area contributed by atoms with Gasteiger partial charge in [-0.1, -0.05) is 45.8 Å². The maximum atomic E-state index is 12.9. The van der Waals surface area contributed by atoms with Crippen molar-refractivity contribution in [2.75, 3.05) is 41.1 Å². The molecule has 0 heterocycles. The van der Waals surface area contributed by atoms with Crippen molar-refractivity contribution in [1.29, 1.82) is 5.41 Å². The predicted molar refractivity (Wildman–Crippen MR) is 157 cm³/mol. The highest BCUT2D eigenvalue weighted by atomic mass is 32.2. The summed E-state index contributed by atoms with van der Waals surface area (Å²) in [4.78, 5) is 15.8. The molecular weight excluding hydrogens is 488 g/mol. The topological polar surface area (TPSA) is 116 Å². The maximum absolute atomic E-state index is 12.9. The second-order valence-corrected chi connectivity index (χ2v) is 8.63. The first kappa shape index (κ1) is 33.9. The fourth-order valence-electron chi connectivity index (χ4n) is 3.21. The summed E-state index contributed by atoms with van der Waals surface area (Å²) in [5, 5.41) is 17.0. The van der Waals surface area contributed by atoms with Crippen LogP contribution in [-0.2, 0) is 11.2 Å². The van der Waals surface area contributed by atoms with E-state index in [0.29, 0.717) is 23.9 Å². The molecule has 9 nitrogen and oxygen atoms in total. The number of carbonyl (C=O) groups excluding carboxylic acids is 1. The smallest absolute Gasteiger partial charge is 0.250 e. The highest BCUT2D eigenvalue weighted by Crippen LogP contribution is 2.28. The minimum absolute atomic E-state index is 0.124. The summed E-state index contributed by atoms with van der Waals surface area (Å²) >= 11 is 1.72. The summed E-state index contributed by atoms with van der Waals surface area (Å²) in [6.45, 7) is 6.77. The lowest BCUT2D eigenvalue weighted by molar-refractivity contribution is -0.124. The molecule has 1 aromatic carbocycles. The van der Waals surface area contributed by atoms with Gasteiger partial charge in [0, 0.05) is 33.1 Å². The van der Waals surface area contributed by atoms with Crippen LogP contribution in [0.1, 0.15) is 52.0 Å². The van der Waals surface area contributed by atoms with E-state index in [-0.39, 0.29) is 18.2 Å². The van der Waals surface area contributed by atoms with Crippen LogP contribution in [0.25, 0.3) is 0 Å². The summed E-state index contributed by atoms with van der Waals surface area (Å²) in [5.74, 6) is 1.45. The fraction of sp³-hybridized carbons (Fsp3) is 0.519.